The number of halogens is 2. The number of carbonyl (C=O) groups is 3. The van der Waals surface area contributed by atoms with Gasteiger partial charge in [-0.1, -0.05) is 108 Å². The van der Waals surface area contributed by atoms with Crippen molar-refractivity contribution in [1.29, 1.82) is 0 Å². The minimum absolute atomic E-state index is 0.00956. The molecule has 4 aromatic carbocycles. The molecule has 0 saturated carbocycles. The molecular weight excluding hydrogens is 799 g/mol. The van der Waals surface area contributed by atoms with Gasteiger partial charge in [0.15, 0.2) is 0 Å². The molecule has 0 radical (unpaired) electrons. The minimum atomic E-state index is -1.22. The van der Waals surface area contributed by atoms with E-state index in [2.05, 4.69) is 51.4 Å². The fourth-order valence-electron chi connectivity index (χ4n) is 8.58. The summed E-state index contributed by atoms with van der Waals surface area (Å²) < 4.78 is 0. The molecule has 308 valence electrons. The molecule has 2 aliphatic rings. The third-order valence-corrected chi connectivity index (χ3v) is 12.4. The van der Waals surface area contributed by atoms with Crippen LogP contribution in [0.4, 0.5) is 4.79 Å². The number of carbonyl (C=O) groups excluding carboxylic acids is 2. The maximum atomic E-state index is 14.1. The maximum absolute atomic E-state index is 14.1. The standard InChI is InChI=1S/C46H46Cl2N8O4/c1-53(2)40(32-10-4-6-12-34(32)47)44(57)55-24-8-14-38(55)42-49-26-36(51-42)30-20-16-28(17-21-30)29-18-22-31(23-19-29)37-27-50-43(52-37)39-15-9-25-56(39)45(58)41(54(3)46(59)60)33-11-5-7-13-35(33)48/h4-7,10-13,16-23,26-27,38-41H,8-9,14-15,24-25H2,1-3H3,(H,49,51)(H,50,52)(H,59,60)/t38-,39-,40+,41+/m0/s1. The SMILES string of the molecule is CN(C)[C@@H](C(=O)N1CCC[C@H]1c1ncc(-c2ccc(-c3ccc(-c4cnc([C@@H]5CCCN5C(=O)[C@@H](c5ccccc5Cl)N(C)C(=O)O)[nH]4)cc3)cc2)[nH]1)c1ccccc1Cl. The first-order valence-electron chi connectivity index (χ1n) is 20.0. The Labute approximate surface area is 358 Å². The van der Waals surface area contributed by atoms with E-state index in [1.165, 1.54) is 7.05 Å². The van der Waals surface area contributed by atoms with Crippen LogP contribution in [0.2, 0.25) is 10.0 Å². The number of hydrogen-bond acceptors (Lipinski definition) is 6. The number of nitrogens with zero attached hydrogens (tertiary/aromatic N) is 6. The molecule has 4 heterocycles. The van der Waals surface area contributed by atoms with Gasteiger partial charge >= 0.3 is 6.09 Å². The second-order valence-corrected chi connectivity index (χ2v) is 16.4. The summed E-state index contributed by atoms with van der Waals surface area (Å²) in [6.45, 7) is 1.13. The van der Waals surface area contributed by atoms with Crippen molar-refractivity contribution >= 4 is 41.1 Å². The van der Waals surface area contributed by atoms with Gasteiger partial charge in [0.1, 0.15) is 23.7 Å². The molecule has 12 nitrogen and oxygen atoms in total. The molecule has 2 aromatic heterocycles. The highest BCUT2D eigenvalue weighted by atomic mass is 35.5. The molecule has 4 atom stereocenters. The molecule has 0 spiro atoms. The van der Waals surface area contributed by atoms with Gasteiger partial charge in [0.2, 0.25) is 5.91 Å². The monoisotopic (exact) mass is 844 g/mol. The van der Waals surface area contributed by atoms with Crippen LogP contribution in [-0.2, 0) is 9.59 Å². The highest BCUT2D eigenvalue weighted by Gasteiger charge is 2.40. The first-order valence-corrected chi connectivity index (χ1v) is 20.8. The summed E-state index contributed by atoms with van der Waals surface area (Å²) in [5, 5.41) is 10.8. The molecule has 2 fully saturated rings. The van der Waals surface area contributed by atoms with Gasteiger partial charge in [-0.15, -0.1) is 0 Å². The average molecular weight is 846 g/mol. The number of likely N-dealkylation sites (tertiary alicyclic amines) is 2. The van der Waals surface area contributed by atoms with Crippen LogP contribution in [0.25, 0.3) is 33.6 Å². The molecule has 6 aromatic rings. The van der Waals surface area contributed by atoms with Crippen LogP contribution in [0, 0.1) is 0 Å². The smallest absolute Gasteiger partial charge is 0.407 e. The van der Waals surface area contributed by atoms with Gasteiger partial charge in [-0.25, -0.2) is 14.8 Å². The zero-order valence-corrected chi connectivity index (χ0v) is 35.1. The van der Waals surface area contributed by atoms with E-state index in [1.807, 2.05) is 66.5 Å². The van der Waals surface area contributed by atoms with Crippen LogP contribution < -0.4 is 0 Å². The third-order valence-electron chi connectivity index (χ3n) is 11.7. The Balaban J connectivity index is 0.940. The highest BCUT2D eigenvalue weighted by molar-refractivity contribution is 6.32. The largest absolute Gasteiger partial charge is 0.465 e. The van der Waals surface area contributed by atoms with Crippen molar-refractivity contribution in [2.75, 3.05) is 34.2 Å². The van der Waals surface area contributed by atoms with E-state index in [0.717, 1.165) is 69.2 Å². The summed E-state index contributed by atoms with van der Waals surface area (Å²) in [4.78, 5) is 63.1. The zero-order chi connectivity index (χ0) is 42.1. The third kappa shape index (κ3) is 8.02. The van der Waals surface area contributed by atoms with E-state index in [9.17, 15) is 19.5 Å². The van der Waals surface area contributed by atoms with E-state index >= 15 is 0 Å². The second-order valence-electron chi connectivity index (χ2n) is 15.6. The number of rotatable bonds is 11. The van der Waals surface area contributed by atoms with Crippen molar-refractivity contribution in [3.63, 3.8) is 0 Å². The van der Waals surface area contributed by atoms with Crippen molar-refractivity contribution in [2.45, 2.75) is 49.9 Å². The molecule has 60 heavy (non-hydrogen) atoms. The Morgan fingerprint density at radius 1 is 0.633 bits per heavy atom. The van der Waals surface area contributed by atoms with Crippen LogP contribution in [-0.4, -0.2) is 96.8 Å². The zero-order valence-electron chi connectivity index (χ0n) is 33.6. The summed E-state index contributed by atoms with van der Waals surface area (Å²) in [5.41, 5.74) is 6.96. The number of likely N-dealkylation sites (N-methyl/N-ethyl adjacent to an activating group) is 2. The number of imidazole rings is 2. The first-order chi connectivity index (χ1) is 29.0. The van der Waals surface area contributed by atoms with E-state index in [1.54, 1.807) is 35.4 Å². The molecule has 14 heteroatoms. The predicted octanol–water partition coefficient (Wildman–Crippen LogP) is 9.42. The first kappa shape index (κ1) is 40.8. The van der Waals surface area contributed by atoms with Gasteiger partial charge in [0.25, 0.3) is 5.91 Å². The Morgan fingerprint density at radius 3 is 1.45 bits per heavy atom. The summed E-state index contributed by atoms with van der Waals surface area (Å²) in [6.07, 6.45) is 5.56. The molecule has 2 saturated heterocycles. The van der Waals surface area contributed by atoms with E-state index in [-0.39, 0.29) is 23.9 Å². The van der Waals surface area contributed by atoms with E-state index in [4.69, 9.17) is 28.2 Å². The van der Waals surface area contributed by atoms with Crippen molar-refractivity contribution in [1.82, 2.24) is 39.5 Å². The molecule has 0 aliphatic carbocycles. The predicted molar refractivity (Wildman–Crippen MR) is 232 cm³/mol. The Bertz CT molecular complexity index is 2500. The molecule has 2 aliphatic heterocycles. The number of amides is 3. The number of nitrogens with one attached hydrogen (secondary N) is 2. The molecule has 3 amide bonds. The number of benzene rings is 4. The Hall–Kier alpha value is -5.95. The lowest BCUT2D eigenvalue weighted by atomic mass is 10.0. The van der Waals surface area contributed by atoms with Crippen LogP contribution in [0.3, 0.4) is 0 Å². The number of H-pyrrole nitrogens is 2. The van der Waals surface area contributed by atoms with Gasteiger partial charge in [-0.05, 0) is 79.7 Å². The quantitative estimate of drug-likeness (QED) is 0.118. The van der Waals surface area contributed by atoms with Crippen molar-refractivity contribution < 1.29 is 19.5 Å². The fraction of sp³-hybridized carbons (Fsp3) is 0.283. The summed E-state index contributed by atoms with van der Waals surface area (Å²) in [6, 6.07) is 28.8. The van der Waals surface area contributed by atoms with Gasteiger partial charge in [0, 0.05) is 35.7 Å². The Morgan fingerprint density at radius 2 is 1.03 bits per heavy atom. The lowest BCUT2D eigenvalue weighted by Gasteiger charge is -2.32. The molecule has 0 unspecified atom stereocenters. The minimum Gasteiger partial charge on any atom is -0.465 e. The van der Waals surface area contributed by atoms with Gasteiger partial charge in [0.05, 0.1) is 35.9 Å². The molecule has 0 bridgehead atoms. The van der Waals surface area contributed by atoms with Gasteiger partial charge in [-0.2, -0.15) is 0 Å². The molecule has 8 rings (SSSR count). The second kappa shape index (κ2) is 17.3. The van der Waals surface area contributed by atoms with Crippen LogP contribution in [0.5, 0.6) is 0 Å². The van der Waals surface area contributed by atoms with E-state index in [0.29, 0.717) is 40.9 Å². The van der Waals surface area contributed by atoms with Crippen molar-refractivity contribution in [2.24, 2.45) is 0 Å². The number of hydrogen-bond donors (Lipinski definition) is 3. The van der Waals surface area contributed by atoms with Gasteiger partial charge in [-0.3, -0.25) is 19.4 Å². The Kier molecular flexibility index (Phi) is 11.8. The summed E-state index contributed by atoms with van der Waals surface area (Å²) >= 11 is 13.0. The topological polar surface area (TPSA) is 142 Å². The normalized spacial score (nSPS) is 17.6. The van der Waals surface area contributed by atoms with E-state index < -0.39 is 18.2 Å². The fourth-order valence-corrected chi connectivity index (χ4v) is 9.06. The van der Waals surface area contributed by atoms with Crippen molar-refractivity contribution in [3.8, 4) is 33.6 Å². The number of aromatic amines is 2. The highest BCUT2D eigenvalue weighted by Crippen LogP contribution is 2.39. The van der Waals surface area contributed by atoms with Crippen LogP contribution >= 0.6 is 23.2 Å². The van der Waals surface area contributed by atoms with Crippen LogP contribution in [0.15, 0.2) is 109 Å². The van der Waals surface area contributed by atoms with Gasteiger partial charge < -0.3 is 24.9 Å². The molecular formula is C46H46Cl2N8O4. The molecule has 3 N–H and O–H groups in total. The number of aromatic nitrogens is 4. The van der Waals surface area contributed by atoms with Crippen molar-refractivity contribution in [3.05, 3.63) is 142 Å². The summed E-state index contributed by atoms with van der Waals surface area (Å²) in [7, 11) is 5.19. The maximum Gasteiger partial charge on any atom is 0.407 e. The number of carboxylic acid groups (broad SMARTS) is 1. The summed E-state index contributed by atoms with van der Waals surface area (Å²) in [5.74, 6) is 1.09. The van der Waals surface area contributed by atoms with Crippen LogP contribution in [0.1, 0.15) is 72.6 Å². The lowest BCUT2D eigenvalue weighted by molar-refractivity contribution is -0.138. The average Bonchev–Trinajstić information content (AvgIpc) is 4.10. The lowest BCUT2D eigenvalue weighted by Crippen LogP contribution is -2.43.